The number of β-amino-alcohol motifs (C(OH)–C–C–N with tert-alkyl or cyclic N) is 1. The number of fused-ring (bicyclic) bond motifs is 2. The Morgan fingerprint density at radius 3 is 2.11 bits per heavy atom. The number of aromatic nitrogens is 2. The Morgan fingerprint density at radius 2 is 1.45 bits per heavy atom. The maximum Gasteiger partial charge on any atom is 0.501 e. The number of rotatable bonds is 34. The molecule has 7 heterocycles. The van der Waals surface area contributed by atoms with Crippen molar-refractivity contribution in [1.29, 1.82) is 0 Å². The summed E-state index contributed by atoms with van der Waals surface area (Å²) in [5.41, 5.74) is 2.99. The Hall–Kier alpha value is -8.50. The van der Waals surface area contributed by atoms with Crippen molar-refractivity contribution in [2.45, 2.75) is 181 Å². The van der Waals surface area contributed by atoms with Gasteiger partial charge in [-0.15, -0.1) is 23.1 Å². The molecule has 0 spiro atoms. The average molecular weight is 1760 g/mol. The number of thiazole rings is 1. The Labute approximate surface area is 721 Å². The number of pyridine rings is 1. The van der Waals surface area contributed by atoms with Gasteiger partial charge in [-0.25, -0.2) is 31.5 Å². The minimum Gasteiger partial charge on any atom is -0.391 e. The Kier molecular flexibility index (Phi) is 29.5. The third-order valence-electron chi connectivity index (χ3n) is 24.2. The Balaban J connectivity index is 0.532. The van der Waals surface area contributed by atoms with Crippen molar-refractivity contribution in [2.24, 2.45) is 10.8 Å². The van der Waals surface area contributed by atoms with E-state index in [4.69, 9.17) is 21.3 Å². The Morgan fingerprint density at radius 1 is 0.760 bits per heavy atom. The first-order chi connectivity index (χ1) is 57.7. The first kappa shape index (κ1) is 90.2. The number of amides is 5. The van der Waals surface area contributed by atoms with Crippen LogP contribution in [0.25, 0.3) is 16.0 Å². The number of carbonyl (C=O) groups is 5. The lowest BCUT2D eigenvalue weighted by Gasteiger charge is -2.44. The van der Waals surface area contributed by atoms with E-state index in [0.29, 0.717) is 68.0 Å². The molecule has 6 N–H and O–H groups in total. The van der Waals surface area contributed by atoms with Crippen molar-refractivity contribution in [3.8, 4) is 10.4 Å². The molecular weight excluding hydrogens is 1650 g/mol. The van der Waals surface area contributed by atoms with Gasteiger partial charge in [-0.2, -0.15) is 13.2 Å². The van der Waals surface area contributed by atoms with E-state index in [1.165, 1.54) is 39.9 Å². The number of sulfone groups is 1. The standard InChI is InChI=1S/C89H111ClF3N13O11S4/c1-59(61-18-20-63(21-19-61)81-60(2)96-58-119-81)97-85(111)77-48-71(107)53-106(77)86(112)82(87(3,4)5)99-80(108)17-13-8-7-9-14-37-94-83(109)65-26-33-79(95-51-65)104-45-41-102(42-46-104)57-88(6)36-34-75(62-22-27-67(90)28-23-62)66(50-88)52-101-39-43-103(44-40-101)69-29-24-64(25-30-69)84(110)100-121(115,116)74-31-32-76(78(49-74)120(113,114)89(91,92)93)98-68(56-118-73-15-11-10-12-16-73)35-38-105-54-72-47-70(105)55-117-72/h10-12,15-16,18-33,49,51,58-59,68,70-72,77,82,98,107H,7-9,13-14,17,34-48,50,52-57H2,1-6H3,(H,94,109)(H,97,111)(H,99,108)(H,100,110)/t59-,68+,70+,71+,72+,77-,82+,88+/m0/s1. The summed E-state index contributed by atoms with van der Waals surface area (Å²) in [6.45, 7) is 22.0. The van der Waals surface area contributed by atoms with Crippen LogP contribution in [0.2, 0.25) is 5.02 Å². The van der Waals surface area contributed by atoms with Crippen LogP contribution in [-0.2, 0) is 39.0 Å². The number of carbonyl (C=O) groups excluding carboxylic acids is 5. The van der Waals surface area contributed by atoms with Crippen molar-refractivity contribution in [3.05, 3.63) is 184 Å². The highest BCUT2D eigenvalue weighted by Crippen LogP contribution is 2.45. The zero-order valence-corrected chi connectivity index (χ0v) is 73.5. The molecule has 24 nitrogen and oxygen atoms in total. The molecule has 650 valence electrons. The molecule has 5 amide bonds. The maximum absolute atomic E-state index is 14.5. The Bertz CT molecular complexity index is 5040. The van der Waals surface area contributed by atoms with E-state index < -0.39 is 82.3 Å². The molecule has 2 aromatic heterocycles. The number of morpholine rings is 1. The van der Waals surface area contributed by atoms with E-state index in [1.54, 1.807) is 29.7 Å². The van der Waals surface area contributed by atoms with Gasteiger partial charge < -0.3 is 45.8 Å². The highest BCUT2D eigenvalue weighted by Gasteiger charge is 2.50. The monoisotopic (exact) mass is 1760 g/mol. The number of piperazine rings is 2. The largest absolute Gasteiger partial charge is 0.501 e. The van der Waals surface area contributed by atoms with Crippen molar-refractivity contribution in [2.75, 3.05) is 119 Å². The van der Waals surface area contributed by atoms with Crippen molar-refractivity contribution < 1.29 is 63.8 Å². The highest BCUT2D eigenvalue weighted by molar-refractivity contribution is 7.99. The van der Waals surface area contributed by atoms with Crippen molar-refractivity contribution >= 4 is 107 Å². The van der Waals surface area contributed by atoms with Gasteiger partial charge in [0, 0.05) is 150 Å². The quantitative estimate of drug-likeness (QED) is 0.0161. The zero-order valence-electron chi connectivity index (χ0n) is 69.4. The van der Waals surface area contributed by atoms with Crippen LogP contribution in [0.15, 0.2) is 165 Å². The van der Waals surface area contributed by atoms with Crippen LogP contribution in [0.5, 0.6) is 0 Å². The van der Waals surface area contributed by atoms with Gasteiger partial charge >= 0.3 is 5.51 Å². The molecule has 5 fully saturated rings. The van der Waals surface area contributed by atoms with E-state index in [1.807, 2.05) is 124 Å². The van der Waals surface area contributed by atoms with Crippen molar-refractivity contribution in [3.63, 3.8) is 0 Å². The SMILES string of the molecule is Cc1ncsc1-c1ccc([C@H](C)NC(=O)[C@@H]2C[C@@H](O)CN2C(=O)[C@@H](NC(=O)CCCCCCCNC(=O)c2ccc(N3CCN(C[C@]4(C)CCC(c5ccc(Cl)cc5)=C(CN5CCN(c6ccc(C(=O)NS(=O)(=O)c7ccc(N[C@H](CCN8C[C@H]9C[C@@H]8CO9)CSc8ccccc8)c(S(=O)(=O)C(F)(F)F)c7)cc6)CC5)C4)CC3)nc2)C(C)(C)C)cc1. The predicted octanol–water partition coefficient (Wildman–Crippen LogP) is 13.0. The van der Waals surface area contributed by atoms with Gasteiger partial charge in [-0.3, -0.25) is 38.7 Å². The number of aliphatic hydroxyl groups is 1. The molecule has 1 aliphatic carbocycles. The number of aryl methyl sites for hydroxylation is 1. The summed E-state index contributed by atoms with van der Waals surface area (Å²) in [5.74, 6) is -1.10. The third kappa shape index (κ3) is 23.1. The van der Waals surface area contributed by atoms with Crippen LogP contribution >= 0.6 is 34.7 Å². The predicted molar refractivity (Wildman–Crippen MR) is 468 cm³/mol. The molecule has 5 saturated heterocycles. The number of sulfonamides is 1. The van der Waals surface area contributed by atoms with Crippen LogP contribution in [-0.4, -0.2) is 227 Å². The summed E-state index contributed by atoms with van der Waals surface area (Å²) in [6, 6.07) is 35.5. The fraction of sp³-hybridized carbons (Fsp3) is 0.494. The fourth-order valence-corrected chi connectivity index (χ4v) is 21.3. The normalized spacial score (nSPS) is 20.9. The van der Waals surface area contributed by atoms with Crippen LogP contribution in [0, 0.1) is 17.8 Å². The molecule has 8 atom stereocenters. The van der Waals surface area contributed by atoms with Crippen molar-refractivity contribution in [1.82, 2.24) is 50.2 Å². The van der Waals surface area contributed by atoms with E-state index in [0.717, 1.165) is 166 Å². The summed E-state index contributed by atoms with van der Waals surface area (Å²) in [7, 11) is -11.0. The average Bonchev–Trinajstić information content (AvgIpc) is 1.50. The molecule has 0 saturated carbocycles. The molecular formula is C89H111ClF3N13O11S4. The lowest BCUT2D eigenvalue weighted by atomic mass is 9.71. The molecule has 0 unspecified atom stereocenters. The summed E-state index contributed by atoms with van der Waals surface area (Å²) >= 11 is 9.44. The van der Waals surface area contributed by atoms with Crippen LogP contribution < -0.4 is 35.8 Å². The smallest absolute Gasteiger partial charge is 0.391 e. The number of allylic oxidation sites excluding steroid dienone is 1. The lowest BCUT2D eigenvalue weighted by molar-refractivity contribution is -0.144. The van der Waals surface area contributed by atoms with E-state index in [2.05, 4.69) is 69.8 Å². The number of thioether (sulfide) groups is 1. The zero-order chi connectivity index (χ0) is 86.0. The number of hydrogen-bond acceptors (Lipinski definition) is 21. The number of nitrogens with one attached hydrogen (secondary N) is 5. The molecule has 6 aliphatic rings. The number of anilines is 3. The lowest BCUT2D eigenvalue weighted by Crippen LogP contribution is -2.57. The molecule has 32 heteroatoms. The third-order valence-corrected chi connectivity index (χ3v) is 29.4. The highest BCUT2D eigenvalue weighted by atomic mass is 35.5. The number of likely N-dealkylation sites (tertiary alicyclic amines) is 2. The van der Waals surface area contributed by atoms with Gasteiger partial charge in [0.2, 0.25) is 17.7 Å². The topological polar surface area (TPSA) is 288 Å². The second-order valence-electron chi connectivity index (χ2n) is 34.3. The van der Waals surface area contributed by atoms with E-state index >= 15 is 0 Å². The van der Waals surface area contributed by atoms with Gasteiger partial charge in [-0.1, -0.05) is 119 Å². The van der Waals surface area contributed by atoms with E-state index in [9.17, 15) is 59.1 Å². The first-order valence-electron chi connectivity index (χ1n) is 41.9. The second-order valence-corrected chi connectivity index (χ2v) is 40.3. The molecule has 5 aromatic carbocycles. The number of ether oxygens (including phenoxy) is 1. The van der Waals surface area contributed by atoms with E-state index in [-0.39, 0.29) is 66.3 Å². The van der Waals surface area contributed by atoms with Crippen LogP contribution in [0.3, 0.4) is 0 Å². The second kappa shape index (κ2) is 39.6. The minimum absolute atomic E-state index is 0.00253. The molecule has 5 aliphatic heterocycles. The summed E-state index contributed by atoms with van der Waals surface area (Å²) in [6.07, 6.45) is 9.22. The molecule has 7 aromatic rings. The summed E-state index contributed by atoms with van der Waals surface area (Å²) in [4.78, 5) is 90.6. The summed E-state index contributed by atoms with van der Waals surface area (Å²) in [5, 5.41) is 23.5. The number of hydrogen-bond donors (Lipinski definition) is 6. The molecule has 0 radical (unpaired) electrons. The number of aliphatic hydroxyl groups excluding tert-OH is 1. The summed E-state index contributed by atoms with van der Waals surface area (Å²) < 4.78 is 106. The number of alkyl halides is 3. The van der Waals surface area contributed by atoms with Gasteiger partial charge in [0.1, 0.15) is 22.8 Å². The fourth-order valence-electron chi connectivity index (χ4n) is 17.3. The first-order valence-corrected chi connectivity index (χ1v) is 47.1. The van der Waals surface area contributed by atoms with Gasteiger partial charge in [0.05, 0.1) is 57.1 Å². The van der Waals surface area contributed by atoms with Gasteiger partial charge in [0.25, 0.3) is 31.7 Å². The molecule has 121 heavy (non-hydrogen) atoms. The molecule has 2 bridgehead atoms. The molecule has 13 rings (SSSR count). The maximum atomic E-state index is 14.5. The minimum atomic E-state index is -6.11. The number of unbranched alkanes of at least 4 members (excludes halogenated alkanes) is 4. The number of halogens is 4. The number of benzene rings is 5. The van der Waals surface area contributed by atoms with Crippen LogP contribution in [0.1, 0.15) is 155 Å². The van der Waals surface area contributed by atoms with Gasteiger partial charge in [-0.05, 0) is 171 Å². The van der Waals surface area contributed by atoms with Gasteiger partial charge in [0.15, 0.2) is 0 Å². The van der Waals surface area contributed by atoms with Crippen LogP contribution in [0.4, 0.5) is 30.4 Å². The number of nitrogens with zero attached hydrogens (tertiary/aromatic N) is 8.